The van der Waals surface area contributed by atoms with Gasteiger partial charge >= 0.3 is 0 Å². The van der Waals surface area contributed by atoms with Gasteiger partial charge in [-0.25, -0.2) is 0 Å². The van der Waals surface area contributed by atoms with Crippen LogP contribution in [0.15, 0.2) is 42.6 Å². The van der Waals surface area contributed by atoms with Gasteiger partial charge in [-0.3, -0.25) is 4.98 Å². The summed E-state index contributed by atoms with van der Waals surface area (Å²) in [6, 6.07) is 12.4. The van der Waals surface area contributed by atoms with Crippen LogP contribution in [0.4, 0.5) is 0 Å². The molecule has 0 aliphatic heterocycles. The summed E-state index contributed by atoms with van der Waals surface area (Å²) in [6.07, 6.45) is 1.81. The molecule has 1 aromatic heterocycles. The molecule has 0 amide bonds. The van der Waals surface area contributed by atoms with Crippen molar-refractivity contribution >= 4 is 0 Å². The van der Waals surface area contributed by atoms with Crippen molar-refractivity contribution in [2.45, 2.75) is 39.2 Å². The topological polar surface area (TPSA) is 38.9 Å². The standard InChI is InChI=1S/C17H22N2/c1-12-9-10-19-15(11-12)16(18)13-5-7-14(8-6-13)17(2,3)4/h5-11,16H,18H2,1-4H3. The lowest BCUT2D eigenvalue weighted by Crippen LogP contribution is -2.15. The molecule has 1 unspecified atom stereocenters. The number of nitrogens with zero attached hydrogens (tertiary/aromatic N) is 1. The monoisotopic (exact) mass is 254 g/mol. The molecule has 1 atom stereocenters. The molecule has 2 aromatic rings. The molecular formula is C17H22N2. The van der Waals surface area contributed by atoms with Crippen LogP contribution in [-0.4, -0.2) is 4.98 Å². The largest absolute Gasteiger partial charge is 0.319 e. The van der Waals surface area contributed by atoms with E-state index in [1.807, 2.05) is 18.3 Å². The Morgan fingerprint density at radius 3 is 2.21 bits per heavy atom. The number of benzene rings is 1. The first-order chi connectivity index (χ1) is 8.88. The second-order valence-corrected chi connectivity index (χ2v) is 6.11. The number of aryl methyl sites for hydroxylation is 1. The van der Waals surface area contributed by atoms with E-state index in [4.69, 9.17) is 5.73 Å². The van der Waals surface area contributed by atoms with Gasteiger partial charge in [-0.05, 0) is 41.2 Å². The van der Waals surface area contributed by atoms with Crippen molar-refractivity contribution in [3.05, 3.63) is 65.0 Å². The summed E-state index contributed by atoms with van der Waals surface area (Å²) >= 11 is 0. The third kappa shape index (κ3) is 3.21. The van der Waals surface area contributed by atoms with Gasteiger partial charge in [-0.1, -0.05) is 45.0 Å². The van der Waals surface area contributed by atoms with E-state index in [1.165, 1.54) is 11.1 Å². The molecule has 0 fully saturated rings. The highest BCUT2D eigenvalue weighted by atomic mass is 14.8. The van der Waals surface area contributed by atoms with Crippen molar-refractivity contribution in [1.82, 2.24) is 4.98 Å². The minimum absolute atomic E-state index is 0.158. The van der Waals surface area contributed by atoms with Gasteiger partial charge in [0.2, 0.25) is 0 Å². The highest BCUT2D eigenvalue weighted by molar-refractivity contribution is 5.33. The van der Waals surface area contributed by atoms with Crippen molar-refractivity contribution in [1.29, 1.82) is 0 Å². The fourth-order valence-electron chi connectivity index (χ4n) is 2.09. The zero-order valence-electron chi connectivity index (χ0n) is 12.1. The lowest BCUT2D eigenvalue weighted by atomic mass is 9.86. The van der Waals surface area contributed by atoms with Crippen LogP contribution in [0, 0.1) is 6.92 Å². The van der Waals surface area contributed by atoms with E-state index in [0.29, 0.717) is 0 Å². The maximum Gasteiger partial charge on any atom is 0.0726 e. The highest BCUT2D eigenvalue weighted by Gasteiger charge is 2.15. The summed E-state index contributed by atoms with van der Waals surface area (Å²) in [5.41, 5.74) is 11.0. The van der Waals surface area contributed by atoms with E-state index in [9.17, 15) is 0 Å². The lowest BCUT2D eigenvalue weighted by Gasteiger charge is -2.20. The van der Waals surface area contributed by atoms with Crippen molar-refractivity contribution in [2.75, 3.05) is 0 Å². The Morgan fingerprint density at radius 2 is 1.68 bits per heavy atom. The zero-order chi connectivity index (χ0) is 14.0. The molecule has 0 saturated carbocycles. The first-order valence-corrected chi connectivity index (χ1v) is 6.66. The fraction of sp³-hybridized carbons (Fsp3) is 0.353. The van der Waals surface area contributed by atoms with E-state index in [2.05, 4.69) is 56.9 Å². The Balaban J connectivity index is 2.27. The molecule has 2 N–H and O–H groups in total. The number of hydrogen-bond acceptors (Lipinski definition) is 2. The van der Waals surface area contributed by atoms with Crippen LogP contribution in [-0.2, 0) is 5.41 Å². The van der Waals surface area contributed by atoms with Gasteiger partial charge in [0, 0.05) is 6.20 Å². The Morgan fingerprint density at radius 1 is 1.05 bits per heavy atom. The number of rotatable bonds is 2. The van der Waals surface area contributed by atoms with Crippen molar-refractivity contribution < 1.29 is 0 Å². The predicted octanol–water partition coefficient (Wildman–Crippen LogP) is 3.74. The molecule has 0 bridgehead atoms. The molecule has 0 aliphatic carbocycles. The van der Waals surface area contributed by atoms with Crippen LogP contribution in [0.25, 0.3) is 0 Å². The molecule has 0 aliphatic rings. The zero-order valence-corrected chi connectivity index (χ0v) is 12.1. The molecule has 1 heterocycles. The summed E-state index contributed by atoms with van der Waals surface area (Å²) in [7, 11) is 0. The third-order valence-corrected chi connectivity index (χ3v) is 3.39. The van der Waals surface area contributed by atoms with Gasteiger partial charge in [0.1, 0.15) is 0 Å². The molecule has 0 saturated heterocycles. The second kappa shape index (κ2) is 5.14. The Hall–Kier alpha value is -1.67. The van der Waals surface area contributed by atoms with Crippen LogP contribution in [0.3, 0.4) is 0 Å². The summed E-state index contributed by atoms with van der Waals surface area (Å²) in [4.78, 5) is 4.36. The molecule has 100 valence electrons. The van der Waals surface area contributed by atoms with Crippen LogP contribution < -0.4 is 5.73 Å². The molecule has 2 heteroatoms. The van der Waals surface area contributed by atoms with Crippen LogP contribution in [0.5, 0.6) is 0 Å². The molecule has 19 heavy (non-hydrogen) atoms. The van der Waals surface area contributed by atoms with E-state index < -0.39 is 0 Å². The maximum absolute atomic E-state index is 6.28. The van der Waals surface area contributed by atoms with E-state index >= 15 is 0 Å². The maximum atomic E-state index is 6.28. The Kier molecular flexibility index (Phi) is 3.72. The average Bonchev–Trinajstić information content (AvgIpc) is 2.37. The molecule has 0 radical (unpaired) electrons. The Labute approximate surface area is 115 Å². The van der Waals surface area contributed by atoms with Crippen molar-refractivity contribution in [3.63, 3.8) is 0 Å². The number of hydrogen-bond donors (Lipinski definition) is 1. The normalized spacial score (nSPS) is 13.3. The van der Waals surface area contributed by atoms with Crippen LogP contribution >= 0.6 is 0 Å². The SMILES string of the molecule is Cc1ccnc(C(N)c2ccc(C(C)(C)C)cc2)c1. The summed E-state index contributed by atoms with van der Waals surface area (Å²) in [6.45, 7) is 8.69. The number of aromatic nitrogens is 1. The van der Waals surface area contributed by atoms with Crippen LogP contribution in [0.1, 0.15) is 49.2 Å². The van der Waals surface area contributed by atoms with Gasteiger partial charge < -0.3 is 5.73 Å². The molecule has 1 aromatic carbocycles. The highest BCUT2D eigenvalue weighted by Crippen LogP contribution is 2.25. The van der Waals surface area contributed by atoms with E-state index in [1.54, 1.807) is 0 Å². The summed E-state index contributed by atoms with van der Waals surface area (Å²) in [5.74, 6) is 0. The first kappa shape index (κ1) is 13.8. The molecule has 0 spiro atoms. The molecular weight excluding hydrogens is 232 g/mol. The van der Waals surface area contributed by atoms with Crippen molar-refractivity contribution in [2.24, 2.45) is 5.73 Å². The number of pyridine rings is 1. The van der Waals surface area contributed by atoms with Crippen molar-refractivity contribution in [3.8, 4) is 0 Å². The van der Waals surface area contributed by atoms with Gasteiger partial charge in [0.15, 0.2) is 0 Å². The minimum Gasteiger partial charge on any atom is -0.319 e. The van der Waals surface area contributed by atoms with Gasteiger partial charge in [-0.2, -0.15) is 0 Å². The fourth-order valence-corrected chi connectivity index (χ4v) is 2.09. The lowest BCUT2D eigenvalue weighted by molar-refractivity contribution is 0.589. The van der Waals surface area contributed by atoms with Gasteiger partial charge in [0.05, 0.1) is 11.7 Å². The minimum atomic E-state index is -0.158. The quantitative estimate of drug-likeness (QED) is 0.886. The third-order valence-electron chi connectivity index (χ3n) is 3.39. The average molecular weight is 254 g/mol. The van der Waals surface area contributed by atoms with E-state index in [-0.39, 0.29) is 11.5 Å². The first-order valence-electron chi connectivity index (χ1n) is 6.66. The Bertz CT molecular complexity index is 550. The predicted molar refractivity (Wildman–Crippen MR) is 80.1 cm³/mol. The molecule has 2 rings (SSSR count). The van der Waals surface area contributed by atoms with Gasteiger partial charge in [0.25, 0.3) is 0 Å². The summed E-state index contributed by atoms with van der Waals surface area (Å²) < 4.78 is 0. The van der Waals surface area contributed by atoms with Gasteiger partial charge in [-0.15, -0.1) is 0 Å². The van der Waals surface area contributed by atoms with Crippen LogP contribution in [0.2, 0.25) is 0 Å². The summed E-state index contributed by atoms with van der Waals surface area (Å²) in [5, 5.41) is 0. The van der Waals surface area contributed by atoms with E-state index in [0.717, 1.165) is 11.3 Å². The number of nitrogens with two attached hydrogens (primary N) is 1. The molecule has 2 nitrogen and oxygen atoms in total. The smallest absolute Gasteiger partial charge is 0.0726 e. The second-order valence-electron chi connectivity index (χ2n) is 6.11.